The lowest BCUT2D eigenvalue weighted by Gasteiger charge is -2.35. The van der Waals surface area contributed by atoms with Crippen molar-refractivity contribution in [1.29, 1.82) is 0 Å². The average molecular weight is 182 g/mol. The third kappa shape index (κ3) is 1.72. The van der Waals surface area contributed by atoms with Gasteiger partial charge in [-0.25, -0.2) is 0 Å². The Morgan fingerprint density at radius 1 is 1.38 bits per heavy atom. The van der Waals surface area contributed by atoms with Gasteiger partial charge in [-0.15, -0.1) is 0 Å². The lowest BCUT2D eigenvalue weighted by Crippen LogP contribution is -2.33. The number of hydrogen-bond acceptors (Lipinski definition) is 2. The maximum Gasteiger partial charge on any atom is 0.306 e. The minimum absolute atomic E-state index is 0.0231. The summed E-state index contributed by atoms with van der Waals surface area (Å²) in [6.07, 6.45) is 7.63. The second-order valence-electron chi connectivity index (χ2n) is 4.51. The van der Waals surface area contributed by atoms with Gasteiger partial charge in [-0.1, -0.05) is 13.3 Å². The van der Waals surface area contributed by atoms with Gasteiger partial charge in [0.05, 0.1) is 0 Å². The lowest BCUT2D eigenvalue weighted by atomic mass is 9.76. The number of ether oxygens (including phenoxy) is 1. The van der Waals surface area contributed by atoms with Crippen molar-refractivity contribution in [1.82, 2.24) is 0 Å². The molecule has 0 aromatic heterocycles. The smallest absolute Gasteiger partial charge is 0.306 e. The summed E-state index contributed by atoms with van der Waals surface area (Å²) in [5.41, 5.74) is -0.0250. The van der Waals surface area contributed by atoms with Crippen molar-refractivity contribution in [3.8, 4) is 0 Å². The molecule has 0 amide bonds. The monoisotopic (exact) mass is 182 g/mol. The Balaban J connectivity index is 1.93. The van der Waals surface area contributed by atoms with E-state index in [9.17, 15) is 4.79 Å². The summed E-state index contributed by atoms with van der Waals surface area (Å²) in [4.78, 5) is 11.0. The fraction of sp³-hybridized carbons (Fsp3) is 0.909. The van der Waals surface area contributed by atoms with E-state index in [0.29, 0.717) is 6.42 Å². The van der Waals surface area contributed by atoms with Crippen LogP contribution in [0, 0.1) is 5.92 Å². The Labute approximate surface area is 79.7 Å². The van der Waals surface area contributed by atoms with E-state index in [1.165, 1.54) is 19.3 Å². The van der Waals surface area contributed by atoms with Crippen LogP contribution in [0.5, 0.6) is 0 Å². The fourth-order valence-electron chi connectivity index (χ4n) is 2.64. The normalized spacial score (nSPS) is 39.5. The maximum absolute atomic E-state index is 11.0. The van der Waals surface area contributed by atoms with E-state index < -0.39 is 0 Å². The van der Waals surface area contributed by atoms with Gasteiger partial charge in [-0.3, -0.25) is 4.79 Å². The maximum atomic E-state index is 11.0. The SMILES string of the molecule is CC[C@H]1CC[C@]2(CCC(=O)O2)CC1. The zero-order valence-corrected chi connectivity index (χ0v) is 8.34. The van der Waals surface area contributed by atoms with Gasteiger partial charge >= 0.3 is 5.97 Å². The van der Waals surface area contributed by atoms with Gasteiger partial charge in [0.25, 0.3) is 0 Å². The van der Waals surface area contributed by atoms with Gasteiger partial charge in [0.2, 0.25) is 0 Å². The molecular formula is C11H18O2. The molecule has 2 heteroatoms. The summed E-state index contributed by atoms with van der Waals surface area (Å²) in [7, 11) is 0. The summed E-state index contributed by atoms with van der Waals surface area (Å²) >= 11 is 0. The molecule has 13 heavy (non-hydrogen) atoms. The van der Waals surface area contributed by atoms with Crippen LogP contribution < -0.4 is 0 Å². The van der Waals surface area contributed by atoms with E-state index in [-0.39, 0.29) is 11.6 Å². The molecule has 2 nitrogen and oxygen atoms in total. The molecule has 0 atom stereocenters. The molecule has 0 aromatic carbocycles. The number of carbonyl (C=O) groups excluding carboxylic acids is 1. The first kappa shape index (κ1) is 9.04. The molecule has 0 N–H and O–H groups in total. The van der Waals surface area contributed by atoms with Crippen molar-refractivity contribution in [3.63, 3.8) is 0 Å². The molecule has 1 saturated heterocycles. The molecule has 2 fully saturated rings. The number of carbonyl (C=O) groups is 1. The van der Waals surface area contributed by atoms with E-state index in [1.807, 2.05) is 0 Å². The van der Waals surface area contributed by atoms with Gasteiger partial charge < -0.3 is 4.74 Å². The minimum atomic E-state index is -0.0250. The number of esters is 1. The molecule has 0 radical (unpaired) electrons. The Bertz CT molecular complexity index is 202. The molecule has 1 aliphatic heterocycles. The van der Waals surface area contributed by atoms with Gasteiger partial charge in [0, 0.05) is 6.42 Å². The summed E-state index contributed by atoms with van der Waals surface area (Å²) in [6.45, 7) is 2.25. The molecule has 0 bridgehead atoms. The average Bonchev–Trinajstić information content (AvgIpc) is 2.49. The van der Waals surface area contributed by atoms with E-state index in [2.05, 4.69) is 6.92 Å². The van der Waals surface area contributed by atoms with Crippen LogP contribution in [0.4, 0.5) is 0 Å². The van der Waals surface area contributed by atoms with Crippen molar-refractivity contribution in [2.45, 2.75) is 57.5 Å². The Morgan fingerprint density at radius 2 is 2.08 bits per heavy atom. The first-order valence-corrected chi connectivity index (χ1v) is 5.46. The van der Waals surface area contributed by atoms with Crippen molar-refractivity contribution in [3.05, 3.63) is 0 Å². The van der Waals surface area contributed by atoms with Crippen LogP contribution in [0.25, 0.3) is 0 Å². The second-order valence-corrected chi connectivity index (χ2v) is 4.51. The van der Waals surface area contributed by atoms with Gasteiger partial charge in [0.15, 0.2) is 0 Å². The van der Waals surface area contributed by atoms with Gasteiger partial charge in [-0.2, -0.15) is 0 Å². The standard InChI is InChI=1S/C11H18O2/c1-2-9-3-6-11(7-4-9)8-5-10(12)13-11/h9H,2-8H2,1H3/t9-,11+. The highest BCUT2D eigenvalue weighted by atomic mass is 16.6. The minimum Gasteiger partial charge on any atom is -0.459 e. The Kier molecular flexibility index (Phi) is 2.31. The number of rotatable bonds is 1. The van der Waals surface area contributed by atoms with E-state index in [4.69, 9.17) is 4.74 Å². The molecule has 1 saturated carbocycles. The summed E-state index contributed by atoms with van der Waals surface area (Å²) in [5, 5.41) is 0. The highest BCUT2D eigenvalue weighted by Crippen LogP contribution is 2.42. The van der Waals surface area contributed by atoms with E-state index >= 15 is 0 Å². The zero-order chi connectivity index (χ0) is 9.31. The largest absolute Gasteiger partial charge is 0.459 e. The van der Waals surface area contributed by atoms with Crippen LogP contribution >= 0.6 is 0 Å². The van der Waals surface area contributed by atoms with Crippen LogP contribution in [-0.2, 0) is 9.53 Å². The van der Waals surface area contributed by atoms with Crippen molar-refractivity contribution < 1.29 is 9.53 Å². The molecular weight excluding hydrogens is 164 g/mol. The van der Waals surface area contributed by atoms with Crippen molar-refractivity contribution in [2.24, 2.45) is 5.92 Å². The van der Waals surface area contributed by atoms with Crippen molar-refractivity contribution in [2.75, 3.05) is 0 Å². The van der Waals surface area contributed by atoms with Crippen LogP contribution in [0.3, 0.4) is 0 Å². The molecule has 1 spiro atoms. The van der Waals surface area contributed by atoms with Crippen LogP contribution in [0.1, 0.15) is 51.9 Å². The lowest BCUT2D eigenvalue weighted by molar-refractivity contribution is -0.151. The highest BCUT2D eigenvalue weighted by Gasteiger charge is 2.42. The predicted molar refractivity (Wildman–Crippen MR) is 50.3 cm³/mol. The first-order valence-electron chi connectivity index (χ1n) is 5.46. The fourth-order valence-corrected chi connectivity index (χ4v) is 2.64. The highest BCUT2D eigenvalue weighted by molar-refractivity contribution is 5.72. The van der Waals surface area contributed by atoms with Crippen LogP contribution in [0.2, 0.25) is 0 Å². The first-order chi connectivity index (χ1) is 6.24. The van der Waals surface area contributed by atoms with E-state index in [0.717, 1.165) is 25.2 Å². The molecule has 0 unspecified atom stereocenters. The second kappa shape index (κ2) is 3.32. The zero-order valence-electron chi connectivity index (χ0n) is 8.34. The van der Waals surface area contributed by atoms with Crippen molar-refractivity contribution >= 4 is 5.97 Å². The van der Waals surface area contributed by atoms with Gasteiger partial charge in [0.1, 0.15) is 5.60 Å². The molecule has 74 valence electrons. The van der Waals surface area contributed by atoms with Crippen LogP contribution in [-0.4, -0.2) is 11.6 Å². The number of hydrogen-bond donors (Lipinski definition) is 0. The summed E-state index contributed by atoms with van der Waals surface area (Å²) in [5.74, 6) is 0.903. The molecule has 1 aliphatic carbocycles. The topological polar surface area (TPSA) is 26.3 Å². The summed E-state index contributed by atoms with van der Waals surface area (Å²) in [6, 6.07) is 0. The molecule has 0 aromatic rings. The molecule has 2 rings (SSSR count). The molecule has 2 aliphatic rings. The van der Waals surface area contributed by atoms with E-state index in [1.54, 1.807) is 0 Å². The quantitative estimate of drug-likeness (QED) is 0.583. The summed E-state index contributed by atoms with van der Waals surface area (Å²) < 4.78 is 5.44. The van der Waals surface area contributed by atoms with Crippen LogP contribution in [0.15, 0.2) is 0 Å². The Morgan fingerprint density at radius 3 is 2.54 bits per heavy atom. The Hall–Kier alpha value is -0.530. The third-order valence-electron chi connectivity index (χ3n) is 3.71. The predicted octanol–water partition coefficient (Wildman–Crippen LogP) is 2.66. The third-order valence-corrected chi connectivity index (χ3v) is 3.71. The molecule has 1 heterocycles. The van der Waals surface area contributed by atoms with Gasteiger partial charge in [-0.05, 0) is 38.0 Å².